The molecule has 0 aromatic heterocycles. The number of phenolic OH excluding ortho intramolecular Hbond substituents is 1. The van der Waals surface area contributed by atoms with E-state index in [9.17, 15) is 4.79 Å². The van der Waals surface area contributed by atoms with Crippen LogP contribution in [-0.2, 0) is 4.79 Å². The summed E-state index contributed by atoms with van der Waals surface area (Å²) in [5.41, 5.74) is 1.39. The highest BCUT2D eigenvalue weighted by molar-refractivity contribution is 6.34. The van der Waals surface area contributed by atoms with E-state index in [0.29, 0.717) is 10.7 Å². The summed E-state index contributed by atoms with van der Waals surface area (Å²) in [6.45, 7) is 3.66. The summed E-state index contributed by atoms with van der Waals surface area (Å²) in [5.74, 6) is -0.164. The first-order chi connectivity index (χ1) is 6.99. The van der Waals surface area contributed by atoms with Crippen LogP contribution in [0.4, 0.5) is 5.69 Å². The van der Waals surface area contributed by atoms with E-state index in [2.05, 4.69) is 5.32 Å². The van der Waals surface area contributed by atoms with E-state index in [4.69, 9.17) is 16.7 Å². The molecular formula is C11H12ClNO2. The van der Waals surface area contributed by atoms with E-state index < -0.39 is 0 Å². The number of anilines is 1. The number of allylic oxidation sites excluding steroid dienone is 1. The van der Waals surface area contributed by atoms with Crippen LogP contribution in [-0.4, -0.2) is 11.0 Å². The molecule has 15 heavy (non-hydrogen) atoms. The molecule has 1 aromatic rings. The van der Waals surface area contributed by atoms with Gasteiger partial charge in [0.15, 0.2) is 0 Å². The number of amides is 1. The fourth-order valence-electron chi connectivity index (χ4n) is 1.04. The van der Waals surface area contributed by atoms with E-state index in [1.54, 1.807) is 6.07 Å². The predicted molar refractivity (Wildman–Crippen MR) is 61.2 cm³/mol. The van der Waals surface area contributed by atoms with Crippen molar-refractivity contribution in [3.05, 3.63) is 34.9 Å². The van der Waals surface area contributed by atoms with Gasteiger partial charge in [-0.2, -0.15) is 0 Å². The summed E-state index contributed by atoms with van der Waals surface area (Å²) in [7, 11) is 0. The van der Waals surface area contributed by atoms with Crippen molar-refractivity contribution in [3.8, 4) is 5.75 Å². The van der Waals surface area contributed by atoms with Gasteiger partial charge in [0, 0.05) is 12.1 Å². The van der Waals surface area contributed by atoms with E-state index in [0.717, 1.165) is 5.57 Å². The quantitative estimate of drug-likeness (QED) is 0.601. The first kappa shape index (κ1) is 11.6. The predicted octanol–water partition coefficient (Wildman–Crippen LogP) is 2.95. The van der Waals surface area contributed by atoms with Gasteiger partial charge in [0.2, 0.25) is 5.91 Å². The zero-order chi connectivity index (χ0) is 11.4. The Bertz CT molecular complexity index is 409. The van der Waals surface area contributed by atoms with Gasteiger partial charge in [-0.1, -0.05) is 17.2 Å². The molecule has 0 bridgehead atoms. The second-order valence-corrected chi connectivity index (χ2v) is 3.78. The summed E-state index contributed by atoms with van der Waals surface area (Å²) >= 11 is 5.81. The molecule has 0 aliphatic rings. The summed E-state index contributed by atoms with van der Waals surface area (Å²) < 4.78 is 0. The standard InChI is InChI=1S/C11H12ClNO2/c1-7(2)5-11(15)13-10-4-3-8(14)6-9(10)12/h3-6,14H,1-2H3,(H,13,15). The summed E-state index contributed by atoms with van der Waals surface area (Å²) in [6, 6.07) is 4.39. The maximum absolute atomic E-state index is 11.4. The van der Waals surface area contributed by atoms with Crippen LogP contribution in [0.3, 0.4) is 0 Å². The number of phenols is 1. The Morgan fingerprint density at radius 3 is 2.67 bits per heavy atom. The third-order valence-corrected chi connectivity index (χ3v) is 1.94. The molecular weight excluding hydrogens is 214 g/mol. The molecule has 0 spiro atoms. The molecule has 0 fully saturated rings. The average Bonchev–Trinajstić information content (AvgIpc) is 2.08. The lowest BCUT2D eigenvalue weighted by molar-refractivity contribution is -0.111. The van der Waals surface area contributed by atoms with Crippen molar-refractivity contribution in [2.24, 2.45) is 0 Å². The van der Waals surface area contributed by atoms with E-state index in [1.807, 2.05) is 13.8 Å². The molecule has 1 aromatic carbocycles. The van der Waals surface area contributed by atoms with Crippen LogP contribution in [0.25, 0.3) is 0 Å². The van der Waals surface area contributed by atoms with Crippen molar-refractivity contribution in [3.63, 3.8) is 0 Å². The number of nitrogens with one attached hydrogen (secondary N) is 1. The van der Waals surface area contributed by atoms with Crippen LogP contribution in [0.5, 0.6) is 5.75 Å². The largest absolute Gasteiger partial charge is 0.508 e. The second kappa shape index (κ2) is 4.84. The van der Waals surface area contributed by atoms with Crippen molar-refractivity contribution in [1.29, 1.82) is 0 Å². The first-order valence-corrected chi connectivity index (χ1v) is 4.81. The number of hydrogen-bond acceptors (Lipinski definition) is 2. The minimum Gasteiger partial charge on any atom is -0.508 e. The maximum Gasteiger partial charge on any atom is 0.248 e. The number of halogens is 1. The Kier molecular flexibility index (Phi) is 3.74. The molecule has 0 aliphatic carbocycles. The molecule has 0 aliphatic heterocycles. The monoisotopic (exact) mass is 225 g/mol. The topological polar surface area (TPSA) is 49.3 Å². The Morgan fingerprint density at radius 1 is 1.47 bits per heavy atom. The smallest absolute Gasteiger partial charge is 0.248 e. The van der Waals surface area contributed by atoms with Crippen molar-refractivity contribution < 1.29 is 9.90 Å². The molecule has 1 rings (SSSR count). The number of carbonyl (C=O) groups is 1. The van der Waals surface area contributed by atoms with Gasteiger partial charge in [0.1, 0.15) is 5.75 Å². The summed E-state index contributed by atoms with van der Waals surface area (Å²) in [5, 5.41) is 12.0. The lowest BCUT2D eigenvalue weighted by atomic mass is 10.2. The average molecular weight is 226 g/mol. The van der Waals surface area contributed by atoms with Crippen molar-refractivity contribution in [2.75, 3.05) is 5.32 Å². The number of benzene rings is 1. The number of aromatic hydroxyl groups is 1. The Labute approximate surface area is 93.4 Å². The van der Waals surface area contributed by atoms with Gasteiger partial charge >= 0.3 is 0 Å². The Morgan fingerprint density at radius 2 is 2.13 bits per heavy atom. The van der Waals surface area contributed by atoms with Gasteiger partial charge in [0.05, 0.1) is 10.7 Å². The summed E-state index contributed by atoms with van der Waals surface area (Å²) in [6.07, 6.45) is 1.48. The molecule has 0 heterocycles. The molecule has 0 saturated heterocycles. The van der Waals surface area contributed by atoms with Gasteiger partial charge in [-0.25, -0.2) is 0 Å². The van der Waals surface area contributed by atoms with Crippen LogP contribution < -0.4 is 5.32 Å². The molecule has 80 valence electrons. The first-order valence-electron chi connectivity index (χ1n) is 4.43. The molecule has 1 amide bonds. The maximum atomic E-state index is 11.4. The highest BCUT2D eigenvalue weighted by Gasteiger charge is 2.03. The van der Waals surface area contributed by atoms with E-state index in [-0.39, 0.29) is 11.7 Å². The van der Waals surface area contributed by atoms with Crippen LogP contribution >= 0.6 is 11.6 Å². The number of carbonyl (C=O) groups excluding carboxylic acids is 1. The third kappa shape index (κ3) is 3.64. The molecule has 2 N–H and O–H groups in total. The second-order valence-electron chi connectivity index (χ2n) is 3.38. The normalized spacial score (nSPS) is 9.53. The Hall–Kier alpha value is -1.48. The molecule has 0 atom stereocenters. The van der Waals surface area contributed by atoms with Crippen LogP contribution in [0.1, 0.15) is 13.8 Å². The third-order valence-electron chi connectivity index (χ3n) is 1.63. The number of hydrogen-bond donors (Lipinski definition) is 2. The fraction of sp³-hybridized carbons (Fsp3) is 0.182. The highest BCUT2D eigenvalue weighted by Crippen LogP contribution is 2.25. The lowest BCUT2D eigenvalue weighted by Gasteiger charge is -2.05. The van der Waals surface area contributed by atoms with Crippen molar-refractivity contribution in [1.82, 2.24) is 0 Å². The number of rotatable bonds is 2. The zero-order valence-corrected chi connectivity index (χ0v) is 9.30. The minimum atomic E-state index is -0.234. The molecule has 0 radical (unpaired) electrons. The van der Waals surface area contributed by atoms with Crippen molar-refractivity contribution >= 4 is 23.2 Å². The molecule has 3 nitrogen and oxygen atoms in total. The Balaban J connectivity index is 2.82. The highest BCUT2D eigenvalue weighted by atomic mass is 35.5. The molecule has 0 unspecified atom stereocenters. The van der Waals surface area contributed by atoms with Gasteiger partial charge in [-0.3, -0.25) is 4.79 Å². The van der Waals surface area contributed by atoms with Gasteiger partial charge < -0.3 is 10.4 Å². The zero-order valence-electron chi connectivity index (χ0n) is 8.54. The van der Waals surface area contributed by atoms with Gasteiger partial charge in [-0.15, -0.1) is 0 Å². The molecule has 4 heteroatoms. The van der Waals surface area contributed by atoms with Gasteiger partial charge in [-0.05, 0) is 26.0 Å². The van der Waals surface area contributed by atoms with Gasteiger partial charge in [0.25, 0.3) is 0 Å². The van der Waals surface area contributed by atoms with E-state index >= 15 is 0 Å². The lowest BCUT2D eigenvalue weighted by Crippen LogP contribution is -2.08. The van der Waals surface area contributed by atoms with Crippen LogP contribution in [0.15, 0.2) is 29.8 Å². The molecule has 0 saturated carbocycles. The van der Waals surface area contributed by atoms with E-state index in [1.165, 1.54) is 18.2 Å². The minimum absolute atomic E-state index is 0.0696. The van der Waals surface area contributed by atoms with Crippen molar-refractivity contribution in [2.45, 2.75) is 13.8 Å². The summed E-state index contributed by atoms with van der Waals surface area (Å²) in [4.78, 5) is 11.4. The SMILES string of the molecule is CC(C)=CC(=O)Nc1ccc(O)cc1Cl. The fourth-order valence-corrected chi connectivity index (χ4v) is 1.26. The van der Waals surface area contributed by atoms with Crippen LogP contribution in [0.2, 0.25) is 5.02 Å². The van der Waals surface area contributed by atoms with Crippen LogP contribution in [0, 0.1) is 0 Å².